The number of aromatic hydroxyl groups is 1. The highest BCUT2D eigenvalue weighted by Crippen LogP contribution is 2.64. The van der Waals surface area contributed by atoms with Gasteiger partial charge in [-0.1, -0.05) is 12.1 Å². The molecule has 0 radical (unpaired) electrons. The number of phenolic OH excluding ortho intramolecular Hbond substituents is 1. The molecule has 25 heavy (non-hydrogen) atoms. The molecule has 1 aromatic carbocycles. The molecule has 2 aliphatic heterocycles. The summed E-state index contributed by atoms with van der Waals surface area (Å²) in [5, 5.41) is 32.9. The van der Waals surface area contributed by atoms with Crippen molar-refractivity contribution in [3.8, 4) is 11.5 Å². The van der Waals surface area contributed by atoms with Gasteiger partial charge in [0.1, 0.15) is 5.60 Å². The van der Waals surface area contributed by atoms with Gasteiger partial charge in [-0.05, 0) is 24.5 Å². The molecule has 1 aromatic rings. The second-order valence-corrected chi connectivity index (χ2v) is 7.68. The first kappa shape index (κ1) is 15.4. The third-order valence-electron chi connectivity index (χ3n) is 6.78. The van der Waals surface area contributed by atoms with Crippen molar-refractivity contribution in [2.24, 2.45) is 0 Å². The molecule has 5 rings (SSSR count). The van der Waals surface area contributed by atoms with Crippen molar-refractivity contribution in [2.45, 2.75) is 48.5 Å². The van der Waals surface area contributed by atoms with E-state index in [-0.39, 0.29) is 24.0 Å². The van der Waals surface area contributed by atoms with E-state index in [2.05, 4.69) is 11.5 Å². The standard InChI is InChI=1S/C19H21NO5/c1-2-6-20-7-5-18-15-10-3-4-11(21)16(15)25-17(18)12(22)9-14(23)19(18,24)13(20)8-10/h2-4,13-14,17,21,23-24H,1,5-9H2/t13-,14?,17+,18+,19+/m1/s1. The number of benzene rings is 1. The number of ketones is 1. The molecule has 3 N–H and O–H groups in total. The largest absolute Gasteiger partial charge is 0.504 e. The lowest BCUT2D eigenvalue weighted by Crippen LogP contribution is -2.80. The van der Waals surface area contributed by atoms with Crippen LogP contribution < -0.4 is 4.74 Å². The van der Waals surface area contributed by atoms with Crippen LogP contribution in [-0.2, 0) is 16.6 Å². The molecule has 1 saturated carbocycles. The predicted octanol–water partition coefficient (Wildman–Crippen LogP) is 0.272. The Labute approximate surface area is 145 Å². The lowest BCUT2D eigenvalue weighted by Gasteiger charge is -2.63. The van der Waals surface area contributed by atoms with Gasteiger partial charge in [-0.25, -0.2) is 0 Å². The van der Waals surface area contributed by atoms with Gasteiger partial charge in [0.05, 0.1) is 11.5 Å². The molecule has 2 bridgehead atoms. The monoisotopic (exact) mass is 343 g/mol. The van der Waals surface area contributed by atoms with Crippen molar-refractivity contribution in [3.63, 3.8) is 0 Å². The summed E-state index contributed by atoms with van der Waals surface area (Å²) in [6.45, 7) is 5.08. The van der Waals surface area contributed by atoms with Crippen molar-refractivity contribution in [3.05, 3.63) is 35.9 Å². The van der Waals surface area contributed by atoms with Crippen molar-refractivity contribution >= 4 is 5.78 Å². The van der Waals surface area contributed by atoms with Crippen LogP contribution in [0.15, 0.2) is 24.8 Å². The Hall–Kier alpha value is -1.89. The molecule has 0 amide bonds. The highest BCUT2D eigenvalue weighted by atomic mass is 16.5. The minimum absolute atomic E-state index is 0.0147. The molecule has 1 unspecified atom stereocenters. The van der Waals surface area contributed by atoms with E-state index in [1.165, 1.54) is 0 Å². The number of carbonyl (C=O) groups excluding carboxylic acids is 1. The molecule has 2 heterocycles. The molecule has 0 aromatic heterocycles. The van der Waals surface area contributed by atoms with E-state index in [1.54, 1.807) is 12.1 Å². The van der Waals surface area contributed by atoms with Crippen LogP contribution in [0.1, 0.15) is 24.0 Å². The fourth-order valence-corrected chi connectivity index (χ4v) is 5.85. The van der Waals surface area contributed by atoms with Crippen LogP contribution in [0.5, 0.6) is 11.5 Å². The number of hydrogen-bond donors (Lipinski definition) is 3. The van der Waals surface area contributed by atoms with Crippen LogP contribution in [0.4, 0.5) is 0 Å². The number of piperidine rings is 1. The summed E-state index contributed by atoms with van der Waals surface area (Å²) in [6, 6.07) is 3.11. The van der Waals surface area contributed by atoms with E-state index in [0.29, 0.717) is 31.7 Å². The first-order chi connectivity index (χ1) is 11.9. The van der Waals surface area contributed by atoms with Gasteiger partial charge in [-0.15, -0.1) is 6.58 Å². The maximum absolute atomic E-state index is 12.7. The van der Waals surface area contributed by atoms with Crippen LogP contribution >= 0.6 is 0 Å². The number of hydrogen-bond acceptors (Lipinski definition) is 6. The maximum atomic E-state index is 12.7. The van der Waals surface area contributed by atoms with Crippen LogP contribution in [0, 0.1) is 0 Å². The van der Waals surface area contributed by atoms with Crippen molar-refractivity contribution < 1.29 is 24.9 Å². The first-order valence-corrected chi connectivity index (χ1v) is 8.75. The quantitative estimate of drug-likeness (QED) is 0.668. The zero-order valence-corrected chi connectivity index (χ0v) is 13.8. The zero-order chi connectivity index (χ0) is 17.6. The number of phenols is 1. The second-order valence-electron chi connectivity index (χ2n) is 7.68. The van der Waals surface area contributed by atoms with Crippen LogP contribution in [0.3, 0.4) is 0 Å². The minimum Gasteiger partial charge on any atom is -0.504 e. The average molecular weight is 343 g/mol. The van der Waals surface area contributed by atoms with Crippen molar-refractivity contribution in [1.29, 1.82) is 0 Å². The van der Waals surface area contributed by atoms with Gasteiger partial charge in [0.2, 0.25) is 0 Å². The first-order valence-electron chi connectivity index (χ1n) is 8.75. The average Bonchev–Trinajstić information content (AvgIpc) is 2.93. The zero-order valence-electron chi connectivity index (χ0n) is 13.8. The van der Waals surface area contributed by atoms with Crippen molar-refractivity contribution in [1.82, 2.24) is 4.90 Å². The van der Waals surface area contributed by atoms with Gasteiger partial charge in [-0.3, -0.25) is 9.69 Å². The molecule has 5 atom stereocenters. The van der Waals surface area contributed by atoms with Crippen LogP contribution in [-0.4, -0.2) is 62.9 Å². The third-order valence-corrected chi connectivity index (χ3v) is 6.78. The minimum atomic E-state index is -1.49. The van der Waals surface area contributed by atoms with E-state index in [9.17, 15) is 20.1 Å². The summed E-state index contributed by atoms with van der Waals surface area (Å²) < 4.78 is 5.92. The molecule has 2 fully saturated rings. The Morgan fingerprint density at radius 1 is 1.40 bits per heavy atom. The van der Waals surface area contributed by atoms with Crippen molar-refractivity contribution in [2.75, 3.05) is 13.1 Å². The topological polar surface area (TPSA) is 90.2 Å². The fraction of sp³-hybridized carbons (Fsp3) is 0.526. The third kappa shape index (κ3) is 1.50. The summed E-state index contributed by atoms with van der Waals surface area (Å²) >= 11 is 0. The van der Waals surface area contributed by atoms with Crippen LogP contribution in [0.2, 0.25) is 0 Å². The van der Waals surface area contributed by atoms with E-state index in [4.69, 9.17) is 4.74 Å². The predicted molar refractivity (Wildman–Crippen MR) is 88.7 cm³/mol. The molecule has 6 nitrogen and oxygen atoms in total. The van der Waals surface area contributed by atoms with E-state index < -0.39 is 23.2 Å². The lowest BCUT2D eigenvalue weighted by atomic mass is 9.48. The summed E-state index contributed by atoms with van der Waals surface area (Å²) in [4.78, 5) is 14.8. The number of aliphatic hydroxyl groups excluding tert-OH is 1. The van der Waals surface area contributed by atoms with Gasteiger partial charge >= 0.3 is 0 Å². The van der Waals surface area contributed by atoms with E-state index in [0.717, 1.165) is 11.1 Å². The molecule has 2 aliphatic carbocycles. The molecule has 4 aliphatic rings. The summed E-state index contributed by atoms with van der Waals surface area (Å²) in [6.07, 6.45) is 0.685. The lowest BCUT2D eigenvalue weighted by molar-refractivity contribution is -0.228. The Morgan fingerprint density at radius 2 is 2.20 bits per heavy atom. The van der Waals surface area contributed by atoms with E-state index in [1.807, 2.05) is 6.07 Å². The fourth-order valence-electron chi connectivity index (χ4n) is 5.85. The Kier molecular flexibility index (Phi) is 2.85. The molecule has 1 saturated heterocycles. The summed E-state index contributed by atoms with van der Waals surface area (Å²) in [7, 11) is 0. The SMILES string of the molecule is C=CCN1CC[C@]23c4c5ccc(O)c4O[C@H]2C(=O)CC(O)[C@@]3(O)[C@H]1C5. The molecule has 132 valence electrons. The van der Waals surface area contributed by atoms with Gasteiger partial charge in [0.25, 0.3) is 0 Å². The number of likely N-dealkylation sites (tertiary alicyclic amines) is 1. The van der Waals surface area contributed by atoms with Gasteiger partial charge in [0.15, 0.2) is 23.4 Å². The Morgan fingerprint density at radius 3 is 2.96 bits per heavy atom. The second kappa shape index (κ2) is 4.63. The van der Waals surface area contributed by atoms with Gasteiger partial charge < -0.3 is 20.1 Å². The van der Waals surface area contributed by atoms with Gasteiger partial charge in [-0.2, -0.15) is 0 Å². The Bertz CT molecular complexity index is 807. The maximum Gasteiger partial charge on any atom is 0.177 e. The number of rotatable bonds is 2. The molecule has 6 heteroatoms. The number of carbonyl (C=O) groups is 1. The normalized spacial score (nSPS) is 41.2. The van der Waals surface area contributed by atoms with Gasteiger partial charge in [0, 0.05) is 31.1 Å². The highest BCUT2D eigenvalue weighted by Gasteiger charge is 2.75. The number of Topliss-reactive ketones (excluding diaryl/α,β-unsaturated/α-hetero) is 1. The van der Waals surface area contributed by atoms with E-state index >= 15 is 0 Å². The number of aliphatic hydroxyl groups is 2. The molecular formula is C19H21NO5. The van der Waals surface area contributed by atoms with Crippen LogP contribution in [0.25, 0.3) is 0 Å². The number of nitrogens with zero attached hydrogens (tertiary/aromatic N) is 1. The summed E-state index contributed by atoms with van der Waals surface area (Å²) in [5.41, 5.74) is -0.785. The molecule has 1 spiro atoms. The number of ether oxygens (including phenoxy) is 1. The summed E-state index contributed by atoms with van der Waals surface area (Å²) in [5.74, 6) is 0.0784. The molecular weight excluding hydrogens is 322 g/mol. The smallest absolute Gasteiger partial charge is 0.177 e. The Balaban J connectivity index is 1.82. The highest BCUT2D eigenvalue weighted by molar-refractivity contribution is 5.90.